The molecule has 0 aliphatic rings. The summed E-state index contributed by atoms with van der Waals surface area (Å²) >= 11 is 1.36. The van der Waals surface area contributed by atoms with Crippen molar-refractivity contribution >= 4 is 27.3 Å². The topological polar surface area (TPSA) is 40.5 Å². The van der Waals surface area contributed by atoms with E-state index in [-0.39, 0.29) is 24.4 Å². The van der Waals surface area contributed by atoms with Crippen LogP contribution in [0.25, 0.3) is 10.1 Å². The summed E-state index contributed by atoms with van der Waals surface area (Å²) in [6, 6.07) is 4.29. The first-order valence-corrected chi connectivity index (χ1v) is 6.84. The van der Waals surface area contributed by atoms with Gasteiger partial charge in [-0.2, -0.15) is 0 Å². The van der Waals surface area contributed by atoms with E-state index >= 15 is 0 Å². The Labute approximate surface area is 115 Å². The van der Waals surface area contributed by atoms with Gasteiger partial charge in [-0.1, -0.05) is 0 Å². The van der Waals surface area contributed by atoms with E-state index in [0.717, 1.165) is 15.6 Å². The third-order valence-electron chi connectivity index (χ3n) is 3.34. The van der Waals surface area contributed by atoms with Crippen molar-refractivity contribution in [1.29, 1.82) is 0 Å². The smallest absolute Gasteiger partial charge is 0.264 e. The number of benzene rings is 1. The molecule has 5 heteroatoms. The van der Waals surface area contributed by atoms with Crippen LogP contribution in [0.3, 0.4) is 0 Å². The lowest BCUT2D eigenvalue weighted by Crippen LogP contribution is -2.37. The third-order valence-corrected chi connectivity index (χ3v) is 4.60. The molecule has 3 nitrogen and oxygen atoms in total. The van der Waals surface area contributed by atoms with Crippen molar-refractivity contribution in [1.82, 2.24) is 4.90 Å². The summed E-state index contributed by atoms with van der Waals surface area (Å²) in [5.74, 6) is -0.440. The van der Waals surface area contributed by atoms with Gasteiger partial charge in [0.15, 0.2) is 0 Å². The molecule has 0 radical (unpaired) electrons. The van der Waals surface area contributed by atoms with Gasteiger partial charge in [0, 0.05) is 11.7 Å². The van der Waals surface area contributed by atoms with Gasteiger partial charge >= 0.3 is 0 Å². The number of rotatable bonds is 3. The van der Waals surface area contributed by atoms with Gasteiger partial charge in [-0.05, 0) is 43.0 Å². The monoisotopic (exact) mass is 281 g/mol. The lowest BCUT2D eigenvalue weighted by Gasteiger charge is -2.22. The van der Waals surface area contributed by atoms with Crippen LogP contribution < -0.4 is 0 Å². The quantitative estimate of drug-likeness (QED) is 0.940. The fraction of sp³-hybridized carbons (Fsp3) is 0.357. The van der Waals surface area contributed by atoms with E-state index in [9.17, 15) is 9.18 Å². The number of carbonyl (C=O) groups is 1. The summed E-state index contributed by atoms with van der Waals surface area (Å²) in [6.07, 6.45) is 0. The number of halogens is 1. The van der Waals surface area contributed by atoms with Crippen LogP contribution in [0.2, 0.25) is 0 Å². The maximum Gasteiger partial charge on any atom is 0.264 e. The normalized spacial score (nSPS) is 12.7. The van der Waals surface area contributed by atoms with E-state index in [1.807, 2.05) is 6.92 Å². The number of carbonyl (C=O) groups excluding carboxylic acids is 1. The van der Waals surface area contributed by atoms with E-state index in [2.05, 4.69) is 0 Å². The Morgan fingerprint density at radius 3 is 2.84 bits per heavy atom. The molecule has 102 valence electrons. The lowest BCUT2D eigenvalue weighted by atomic mass is 10.1. The van der Waals surface area contributed by atoms with Crippen molar-refractivity contribution < 1.29 is 14.3 Å². The molecule has 2 rings (SSSR count). The first-order valence-electron chi connectivity index (χ1n) is 6.02. The van der Waals surface area contributed by atoms with Crippen LogP contribution in [0.15, 0.2) is 18.2 Å². The van der Waals surface area contributed by atoms with E-state index in [1.165, 1.54) is 28.4 Å². The highest BCUT2D eigenvalue weighted by molar-refractivity contribution is 7.21. The molecule has 1 amide bonds. The van der Waals surface area contributed by atoms with Crippen molar-refractivity contribution in [2.45, 2.75) is 19.9 Å². The van der Waals surface area contributed by atoms with Crippen molar-refractivity contribution in [3.8, 4) is 0 Å². The zero-order valence-electron chi connectivity index (χ0n) is 11.1. The summed E-state index contributed by atoms with van der Waals surface area (Å²) in [4.78, 5) is 14.5. The van der Waals surface area contributed by atoms with E-state index < -0.39 is 0 Å². The van der Waals surface area contributed by atoms with Gasteiger partial charge in [-0.25, -0.2) is 4.39 Å². The average Bonchev–Trinajstić information content (AvgIpc) is 2.73. The molecule has 0 saturated heterocycles. The summed E-state index contributed by atoms with van der Waals surface area (Å²) < 4.78 is 14.1. The summed E-state index contributed by atoms with van der Waals surface area (Å²) in [5.41, 5.74) is 0.793. The second-order valence-electron chi connectivity index (χ2n) is 4.64. The fourth-order valence-corrected chi connectivity index (χ4v) is 3.05. The number of thiophene rings is 1. The second-order valence-corrected chi connectivity index (χ2v) is 5.70. The highest BCUT2D eigenvalue weighted by atomic mass is 32.1. The molecule has 1 atom stereocenters. The zero-order chi connectivity index (χ0) is 14.2. The molecule has 0 aliphatic heterocycles. The molecular weight excluding hydrogens is 265 g/mol. The van der Waals surface area contributed by atoms with Crippen LogP contribution >= 0.6 is 11.3 Å². The number of aryl methyl sites for hydroxylation is 1. The number of aliphatic hydroxyl groups excluding tert-OH is 1. The van der Waals surface area contributed by atoms with Crippen LogP contribution in [0, 0.1) is 12.7 Å². The minimum absolute atomic E-state index is 0.0825. The molecule has 0 saturated carbocycles. The Hall–Kier alpha value is -1.46. The number of hydrogen-bond acceptors (Lipinski definition) is 3. The third kappa shape index (κ3) is 2.48. The molecule has 2 aromatic rings. The summed E-state index contributed by atoms with van der Waals surface area (Å²) in [5, 5.41) is 9.88. The molecule has 1 aromatic carbocycles. The average molecular weight is 281 g/mol. The maximum atomic E-state index is 13.2. The molecule has 1 heterocycles. The number of aliphatic hydroxyl groups is 1. The van der Waals surface area contributed by atoms with Gasteiger partial charge in [-0.3, -0.25) is 4.79 Å². The highest BCUT2D eigenvalue weighted by Gasteiger charge is 2.22. The van der Waals surface area contributed by atoms with Crippen molar-refractivity contribution in [3.05, 3.63) is 34.5 Å². The largest absolute Gasteiger partial charge is 0.394 e. The zero-order valence-corrected chi connectivity index (χ0v) is 11.9. The standard InChI is InChI=1S/C14H16FNO2S/c1-8(7-17)16(3)14(18)13-9(2)11-6-10(15)4-5-12(11)19-13/h4-6,8,17H,7H2,1-3H3. The van der Waals surface area contributed by atoms with Crippen LogP contribution in [0.5, 0.6) is 0 Å². The first-order chi connectivity index (χ1) is 8.95. The number of amides is 1. The van der Waals surface area contributed by atoms with Gasteiger partial charge in [0.25, 0.3) is 5.91 Å². The molecule has 0 bridgehead atoms. The highest BCUT2D eigenvalue weighted by Crippen LogP contribution is 2.32. The molecule has 19 heavy (non-hydrogen) atoms. The number of likely N-dealkylation sites (N-methyl/N-ethyl adjacent to an activating group) is 1. The Kier molecular flexibility index (Phi) is 3.87. The van der Waals surface area contributed by atoms with Crippen molar-refractivity contribution in [2.24, 2.45) is 0 Å². The predicted octanol–water partition coefficient (Wildman–Crippen LogP) is 2.80. The summed E-state index contributed by atoms with van der Waals surface area (Å²) in [6.45, 7) is 3.52. The molecule has 1 aromatic heterocycles. The fourth-order valence-electron chi connectivity index (χ4n) is 1.88. The van der Waals surface area contributed by atoms with Gasteiger partial charge in [0.05, 0.1) is 17.5 Å². The lowest BCUT2D eigenvalue weighted by molar-refractivity contribution is 0.0686. The van der Waals surface area contributed by atoms with Gasteiger partial charge in [0.2, 0.25) is 0 Å². The molecule has 1 unspecified atom stereocenters. The van der Waals surface area contributed by atoms with Gasteiger partial charge < -0.3 is 10.0 Å². The van der Waals surface area contributed by atoms with Crippen molar-refractivity contribution in [2.75, 3.05) is 13.7 Å². The minimum Gasteiger partial charge on any atom is -0.394 e. The summed E-state index contributed by atoms with van der Waals surface area (Å²) in [7, 11) is 1.66. The van der Waals surface area contributed by atoms with Gasteiger partial charge in [0.1, 0.15) is 5.82 Å². The number of nitrogens with zero attached hydrogens (tertiary/aromatic N) is 1. The molecule has 0 aliphatic carbocycles. The van der Waals surface area contributed by atoms with E-state index in [1.54, 1.807) is 20.0 Å². The Bertz CT molecular complexity index is 623. The Balaban J connectivity index is 2.46. The SMILES string of the molecule is Cc1c(C(=O)N(C)C(C)CO)sc2ccc(F)cc12. The second kappa shape index (κ2) is 5.27. The van der Waals surface area contributed by atoms with Crippen LogP contribution in [0.1, 0.15) is 22.2 Å². The molecule has 0 spiro atoms. The van der Waals surface area contributed by atoms with Gasteiger partial charge in [-0.15, -0.1) is 11.3 Å². The maximum absolute atomic E-state index is 13.2. The van der Waals surface area contributed by atoms with Crippen LogP contribution in [-0.4, -0.2) is 35.6 Å². The minimum atomic E-state index is -0.301. The molecule has 0 fully saturated rings. The van der Waals surface area contributed by atoms with Crippen LogP contribution in [-0.2, 0) is 0 Å². The molecule has 1 N–H and O–H groups in total. The molecular formula is C14H16FNO2S. The van der Waals surface area contributed by atoms with E-state index in [4.69, 9.17) is 5.11 Å². The van der Waals surface area contributed by atoms with Crippen LogP contribution in [0.4, 0.5) is 4.39 Å². The predicted molar refractivity (Wildman–Crippen MR) is 75.2 cm³/mol. The Morgan fingerprint density at radius 2 is 2.21 bits per heavy atom. The first kappa shape index (κ1) is 14.0. The number of fused-ring (bicyclic) bond motifs is 1. The Morgan fingerprint density at radius 1 is 1.53 bits per heavy atom. The number of hydrogen-bond donors (Lipinski definition) is 1. The van der Waals surface area contributed by atoms with Crippen molar-refractivity contribution in [3.63, 3.8) is 0 Å². The van der Waals surface area contributed by atoms with E-state index in [0.29, 0.717) is 4.88 Å².